The Balaban J connectivity index is 1.76. The SMILES string of the molecule is O=[N+]([O-])c1cc2c(c(CO/N=C\c3cccc(Cl)c3Cl)c1)OCOC2. The maximum absolute atomic E-state index is 11.0. The van der Waals surface area contributed by atoms with E-state index in [1.807, 2.05) is 0 Å². The molecule has 0 fully saturated rings. The average molecular weight is 383 g/mol. The summed E-state index contributed by atoms with van der Waals surface area (Å²) in [5, 5.41) is 15.7. The fourth-order valence-corrected chi connectivity index (χ4v) is 2.67. The molecule has 2 aromatic rings. The minimum absolute atomic E-state index is 0.00129. The molecular formula is C16H12Cl2N2O5. The maximum Gasteiger partial charge on any atom is 0.270 e. The molecule has 0 atom stereocenters. The first-order valence-corrected chi connectivity index (χ1v) is 7.92. The summed E-state index contributed by atoms with van der Waals surface area (Å²) in [6.07, 6.45) is 1.42. The van der Waals surface area contributed by atoms with Crippen molar-refractivity contribution < 1.29 is 19.2 Å². The maximum atomic E-state index is 11.0. The molecule has 9 heteroatoms. The molecule has 0 unspecified atom stereocenters. The fraction of sp³-hybridized carbons (Fsp3) is 0.188. The lowest BCUT2D eigenvalue weighted by molar-refractivity contribution is -0.385. The highest BCUT2D eigenvalue weighted by atomic mass is 35.5. The highest BCUT2D eigenvalue weighted by molar-refractivity contribution is 6.43. The van der Waals surface area contributed by atoms with Gasteiger partial charge in [-0.3, -0.25) is 10.1 Å². The van der Waals surface area contributed by atoms with Crippen LogP contribution in [-0.4, -0.2) is 17.9 Å². The third kappa shape index (κ3) is 4.01. The van der Waals surface area contributed by atoms with Crippen molar-refractivity contribution in [3.05, 3.63) is 67.2 Å². The molecule has 1 aliphatic heterocycles. The third-order valence-corrected chi connectivity index (χ3v) is 4.28. The summed E-state index contributed by atoms with van der Waals surface area (Å²) in [4.78, 5) is 15.8. The summed E-state index contributed by atoms with van der Waals surface area (Å²) >= 11 is 12.0. The van der Waals surface area contributed by atoms with Gasteiger partial charge in [-0.25, -0.2) is 0 Å². The van der Waals surface area contributed by atoms with Gasteiger partial charge in [0.1, 0.15) is 12.4 Å². The van der Waals surface area contributed by atoms with Crippen molar-refractivity contribution >= 4 is 35.1 Å². The lowest BCUT2D eigenvalue weighted by Gasteiger charge is -2.20. The van der Waals surface area contributed by atoms with Crippen LogP contribution in [0.2, 0.25) is 10.0 Å². The Morgan fingerprint density at radius 3 is 3.00 bits per heavy atom. The molecule has 130 valence electrons. The monoisotopic (exact) mass is 382 g/mol. The van der Waals surface area contributed by atoms with Crippen LogP contribution < -0.4 is 4.74 Å². The van der Waals surface area contributed by atoms with E-state index in [9.17, 15) is 10.1 Å². The smallest absolute Gasteiger partial charge is 0.270 e. The lowest BCUT2D eigenvalue weighted by Crippen LogP contribution is -2.14. The van der Waals surface area contributed by atoms with Gasteiger partial charge in [-0.15, -0.1) is 0 Å². The highest BCUT2D eigenvalue weighted by Crippen LogP contribution is 2.33. The molecule has 1 heterocycles. The van der Waals surface area contributed by atoms with E-state index < -0.39 is 4.92 Å². The Hall–Kier alpha value is -2.35. The molecule has 0 aromatic heterocycles. The standard InChI is InChI=1S/C16H12Cl2N2O5/c17-14-3-1-2-10(15(14)18)6-19-25-8-12-5-13(20(21)22)4-11-7-23-9-24-16(11)12/h1-6H,7-9H2/b19-6-. The quantitative estimate of drug-likeness (QED) is 0.436. The fourth-order valence-electron chi connectivity index (χ4n) is 2.31. The normalized spacial score (nSPS) is 13.4. The Labute approximate surface area is 152 Å². The number of nitro groups is 1. The zero-order chi connectivity index (χ0) is 17.8. The van der Waals surface area contributed by atoms with Crippen molar-refractivity contribution in [3.63, 3.8) is 0 Å². The van der Waals surface area contributed by atoms with Gasteiger partial charge >= 0.3 is 0 Å². The number of ether oxygens (including phenoxy) is 2. The van der Waals surface area contributed by atoms with Gasteiger partial charge in [-0.2, -0.15) is 0 Å². The first kappa shape index (κ1) is 17.5. The summed E-state index contributed by atoms with van der Waals surface area (Å²) in [5.41, 5.74) is 1.65. The second-order valence-electron chi connectivity index (χ2n) is 5.11. The Kier molecular flexibility index (Phi) is 5.37. The molecule has 0 radical (unpaired) electrons. The molecule has 25 heavy (non-hydrogen) atoms. The molecule has 0 amide bonds. The number of benzene rings is 2. The molecule has 0 saturated heterocycles. The molecular weight excluding hydrogens is 371 g/mol. The molecule has 0 aliphatic carbocycles. The van der Waals surface area contributed by atoms with Crippen molar-refractivity contribution in [2.45, 2.75) is 13.2 Å². The summed E-state index contributed by atoms with van der Waals surface area (Å²) in [6.45, 7) is 0.323. The Morgan fingerprint density at radius 2 is 2.20 bits per heavy atom. The van der Waals surface area contributed by atoms with E-state index in [4.69, 9.17) is 37.5 Å². The molecule has 0 N–H and O–H groups in total. The van der Waals surface area contributed by atoms with Crippen molar-refractivity contribution in [3.8, 4) is 5.75 Å². The van der Waals surface area contributed by atoms with E-state index in [1.165, 1.54) is 18.3 Å². The number of halogens is 2. The second kappa shape index (κ2) is 7.69. The van der Waals surface area contributed by atoms with Gasteiger partial charge in [0.25, 0.3) is 5.69 Å². The van der Waals surface area contributed by atoms with Crippen LogP contribution in [0.25, 0.3) is 0 Å². The number of nitro benzene ring substituents is 1. The van der Waals surface area contributed by atoms with Crippen LogP contribution >= 0.6 is 23.2 Å². The lowest BCUT2D eigenvalue weighted by atomic mass is 10.1. The average Bonchev–Trinajstić information content (AvgIpc) is 2.61. The summed E-state index contributed by atoms with van der Waals surface area (Å²) in [6, 6.07) is 7.95. The Bertz CT molecular complexity index is 842. The van der Waals surface area contributed by atoms with Gasteiger partial charge < -0.3 is 14.3 Å². The van der Waals surface area contributed by atoms with E-state index >= 15 is 0 Å². The van der Waals surface area contributed by atoms with Crippen molar-refractivity contribution in [2.24, 2.45) is 5.16 Å². The number of hydrogen-bond acceptors (Lipinski definition) is 6. The topological polar surface area (TPSA) is 83.2 Å². The van der Waals surface area contributed by atoms with Crippen LogP contribution in [-0.2, 0) is 22.8 Å². The van der Waals surface area contributed by atoms with E-state index in [2.05, 4.69) is 5.16 Å². The van der Waals surface area contributed by atoms with Crippen molar-refractivity contribution in [2.75, 3.05) is 6.79 Å². The molecule has 0 bridgehead atoms. The zero-order valence-corrected chi connectivity index (χ0v) is 14.3. The van der Waals surface area contributed by atoms with Gasteiger partial charge in [0.15, 0.2) is 6.79 Å². The molecule has 7 nitrogen and oxygen atoms in total. The number of oxime groups is 1. The summed E-state index contributed by atoms with van der Waals surface area (Å²) < 4.78 is 10.6. The van der Waals surface area contributed by atoms with Gasteiger partial charge in [0.2, 0.25) is 0 Å². The number of rotatable bonds is 5. The number of fused-ring (bicyclic) bond motifs is 1. The predicted molar refractivity (Wildman–Crippen MR) is 92.2 cm³/mol. The first-order chi connectivity index (χ1) is 12.1. The predicted octanol–water partition coefficient (Wildman–Crippen LogP) is 4.32. The van der Waals surface area contributed by atoms with E-state index in [1.54, 1.807) is 18.2 Å². The summed E-state index contributed by atoms with van der Waals surface area (Å²) in [7, 11) is 0. The van der Waals surface area contributed by atoms with Gasteiger partial charge in [0, 0.05) is 28.8 Å². The van der Waals surface area contributed by atoms with E-state index in [-0.39, 0.29) is 25.7 Å². The molecule has 0 spiro atoms. The highest BCUT2D eigenvalue weighted by Gasteiger charge is 2.21. The van der Waals surface area contributed by atoms with Crippen molar-refractivity contribution in [1.29, 1.82) is 0 Å². The van der Waals surface area contributed by atoms with Crippen LogP contribution in [0.5, 0.6) is 5.75 Å². The second-order valence-corrected chi connectivity index (χ2v) is 5.90. The van der Waals surface area contributed by atoms with Crippen LogP contribution in [0, 0.1) is 10.1 Å². The van der Waals surface area contributed by atoms with Crippen LogP contribution in [0.15, 0.2) is 35.5 Å². The first-order valence-electron chi connectivity index (χ1n) is 7.16. The number of nitrogens with zero attached hydrogens (tertiary/aromatic N) is 2. The molecule has 3 rings (SSSR count). The van der Waals surface area contributed by atoms with E-state index in [0.717, 1.165) is 0 Å². The van der Waals surface area contributed by atoms with Gasteiger partial charge in [0.05, 0.1) is 27.8 Å². The van der Waals surface area contributed by atoms with E-state index in [0.29, 0.717) is 32.5 Å². The van der Waals surface area contributed by atoms with Gasteiger partial charge in [-0.05, 0) is 6.07 Å². The Morgan fingerprint density at radius 1 is 1.36 bits per heavy atom. The van der Waals surface area contributed by atoms with Crippen molar-refractivity contribution in [1.82, 2.24) is 0 Å². The summed E-state index contributed by atoms with van der Waals surface area (Å²) in [5.74, 6) is 0.521. The molecule has 0 saturated carbocycles. The molecule has 1 aliphatic rings. The molecule has 2 aromatic carbocycles. The number of non-ortho nitro benzene ring substituents is 1. The van der Waals surface area contributed by atoms with Crippen LogP contribution in [0.1, 0.15) is 16.7 Å². The minimum Gasteiger partial charge on any atom is -0.467 e. The van der Waals surface area contributed by atoms with Crippen LogP contribution in [0.4, 0.5) is 5.69 Å². The minimum atomic E-state index is -0.479. The largest absolute Gasteiger partial charge is 0.467 e. The van der Waals surface area contributed by atoms with Crippen LogP contribution in [0.3, 0.4) is 0 Å². The zero-order valence-electron chi connectivity index (χ0n) is 12.8. The van der Waals surface area contributed by atoms with Gasteiger partial charge in [-0.1, -0.05) is 40.5 Å². The number of hydrogen-bond donors (Lipinski definition) is 0. The third-order valence-electron chi connectivity index (χ3n) is 3.45.